The molecule has 0 aromatic heterocycles. The third kappa shape index (κ3) is 5.45. The maximum atomic E-state index is 14.4. The number of allylic oxidation sites excluding steroid dienone is 3. The Morgan fingerprint density at radius 1 is 1.48 bits per heavy atom. The van der Waals surface area contributed by atoms with Crippen LogP contribution < -0.4 is 11.1 Å². The van der Waals surface area contributed by atoms with Crippen molar-refractivity contribution in [1.29, 1.82) is 0 Å². The predicted molar refractivity (Wildman–Crippen MR) is 99.0 cm³/mol. The normalized spacial score (nSPS) is 15.8. The number of benzene rings is 1. The van der Waals surface area contributed by atoms with Crippen LogP contribution in [0.2, 0.25) is 0 Å². The van der Waals surface area contributed by atoms with Crippen LogP contribution in [0.1, 0.15) is 31.4 Å². The van der Waals surface area contributed by atoms with Gasteiger partial charge in [-0.2, -0.15) is 0 Å². The minimum Gasteiger partial charge on any atom is -0.327 e. The lowest BCUT2D eigenvalue weighted by Gasteiger charge is -2.20. The predicted octanol–water partition coefficient (Wildman–Crippen LogP) is 4.20. The smallest absolute Gasteiger partial charge is 0.145 e. The Morgan fingerprint density at radius 2 is 2.17 bits per heavy atom. The van der Waals surface area contributed by atoms with Crippen molar-refractivity contribution >= 4 is 5.57 Å². The molecule has 0 aliphatic carbocycles. The van der Waals surface area contributed by atoms with Gasteiger partial charge in [0.15, 0.2) is 0 Å². The lowest BCUT2D eigenvalue weighted by Crippen LogP contribution is -2.26. The van der Waals surface area contributed by atoms with Crippen molar-refractivity contribution in [3.05, 3.63) is 66.3 Å². The average Bonchev–Trinajstić information content (AvgIpc) is 2.54. The summed E-state index contributed by atoms with van der Waals surface area (Å²) in [5, 5.41) is 3.18. The molecule has 1 aromatic rings. The Labute approximate surface area is 140 Å². The molecule has 0 amide bonds. The maximum Gasteiger partial charge on any atom is 0.145 e. The highest BCUT2D eigenvalue weighted by Gasteiger charge is 2.23. The first-order valence-corrected chi connectivity index (χ1v) is 7.98. The summed E-state index contributed by atoms with van der Waals surface area (Å²) in [4.78, 5) is 0. The molecule has 1 aromatic carbocycles. The van der Waals surface area contributed by atoms with E-state index in [1.807, 2.05) is 38.2 Å². The molecule has 126 valence electrons. The largest absolute Gasteiger partial charge is 0.327 e. The van der Waals surface area contributed by atoms with Gasteiger partial charge in [0.1, 0.15) is 5.67 Å². The van der Waals surface area contributed by atoms with Crippen molar-refractivity contribution in [2.45, 2.75) is 25.9 Å². The SMILES string of the molecule is C=CCC(CNC)C(=C)/C=C(\C)c1cccc(C(C)(F)CN)c1. The molecule has 3 N–H and O–H groups in total. The van der Waals surface area contributed by atoms with Gasteiger partial charge in [0, 0.05) is 13.1 Å². The fourth-order valence-corrected chi connectivity index (χ4v) is 2.50. The van der Waals surface area contributed by atoms with Crippen LogP contribution in [0.5, 0.6) is 0 Å². The second kappa shape index (κ2) is 8.80. The molecule has 0 bridgehead atoms. The lowest BCUT2D eigenvalue weighted by molar-refractivity contribution is 0.203. The van der Waals surface area contributed by atoms with E-state index >= 15 is 0 Å². The van der Waals surface area contributed by atoms with Crippen molar-refractivity contribution in [1.82, 2.24) is 5.32 Å². The van der Waals surface area contributed by atoms with E-state index < -0.39 is 5.67 Å². The topological polar surface area (TPSA) is 38.0 Å². The summed E-state index contributed by atoms with van der Waals surface area (Å²) in [6.45, 7) is 12.3. The van der Waals surface area contributed by atoms with Crippen LogP contribution >= 0.6 is 0 Å². The van der Waals surface area contributed by atoms with Crippen LogP contribution in [0.15, 0.2) is 55.1 Å². The zero-order chi connectivity index (χ0) is 17.5. The van der Waals surface area contributed by atoms with E-state index in [0.717, 1.165) is 29.7 Å². The molecule has 0 aliphatic heterocycles. The Morgan fingerprint density at radius 3 is 2.74 bits per heavy atom. The standard InChI is InChI=1S/C20H29FN2/c1-6-8-18(13-23-5)16(3)11-15(2)17-9-7-10-19(12-17)20(4,21)14-22/h6-7,9-12,18,23H,1,3,8,13-14,22H2,2,4-5H3/b15-11+. The monoisotopic (exact) mass is 316 g/mol. The van der Waals surface area contributed by atoms with Gasteiger partial charge in [-0.15, -0.1) is 6.58 Å². The summed E-state index contributed by atoms with van der Waals surface area (Å²) >= 11 is 0. The van der Waals surface area contributed by atoms with Crippen LogP contribution in [0, 0.1) is 5.92 Å². The van der Waals surface area contributed by atoms with Gasteiger partial charge < -0.3 is 11.1 Å². The zero-order valence-electron chi connectivity index (χ0n) is 14.5. The quantitative estimate of drug-likeness (QED) is 0.529. The summed E-state index contributed by atoms with van der Waals surface area (Å²) < 4.78 is 14.4. The average molecular weight is 316 g/mol. The van der Waals surface area contributed by atoms with Crippen LogP contribution in [0.4, 0.5) is 4.39 Å². The van der Waals surface area contributed by atoms with E-state index in [2.05, 4.69) is 24.6 Å². The molecule has 0 spiro atoms. The molecule has 0 fully saturated rings. The third-order valence-electron chi connectivity index (χ3n) is 4.13. The van der Waals surface area contributed by atoms with Crippen LogP contribution in [0.3, 0.4) is 0 Å². The molecular weight excluding hydrogens is 287 g/mol. The summed E-state index contributed by atoms with van der Waals surface area (Å²) in [5.74, 6) is 0.311. The second-order valence-corrected chi connectivity index (χ2v) is 6.16. The van der Waals surface area contributed by atoms with E-state index in [4.69, 9.17) is 5.73 Å². The van der Waals surface area contributed by atoms with Crippen molar-refractivity contribution in [3.63, 3.8) is 0 Å². The minimum atomic E-state index is -1.51. The highest BCUT2D eigenvalue weighted by molar-refractivity contribution is 5.67. The first kappa shape index (κ1) is 19.3. The molecule has 0 radical (unpaired) electrons. The van der Waals surface area contributed by atoms with Gasteiger partial charge in [-0.3, -0.25) is 0 Å². The van der Waals surface area contributed by atoms with Gasteiger partial charge in [-0.1, -0.05) is 42.5 Å². The maximum absolute atomic E-state index is 14.4. The third-order valence-corrected chi connectivity index (χ3v) is 4.13. The number of halogens is 1. The number of nitrogens with two attached hydrogens (primary N) is 1. The molecule has 2 nitrogen and oxygen atoms in total. The summed E-state index contributed by atoms with van der Waals surface area (Å²) in [5.41, 5.74) is 7.73. The summed E-state index contributed by atoms with van der Waals surface area (Å²) in [7, 11) is 1.93. The van der Waals surface area contributed by atoms with Crippen LogP contribution in [-0.2, 0) is 5.67 Å². The van der Waals surface area contributed by atoms with Gasteiger partial charge >= 0.3 is 0 Å². The highest BCUT2D eigenvalue weighted by atomic mass is 19.1. The number of nitrogens with one attached hydrogen (secondary N) is 1. The van der Waals surface area contributed by atoms with Gasteiger partial charge in [-0.25, -0.2) is 4.39 Å². The second-order valence-electron chi connectivity index (χ2n) is 6.16. The first-order valence-electron chi connectivity index (χ1n) is 7.98. The van der Waals surface area contributed by atoms with Crippen molar-refractivity contribution in [3.8, 4) is 0 Å². The molecule has 2 atom stereocenters. The van der Waals surface area contributed by atoms with Crippen LogP contribution in [-0.4, -0.2) is 20.1 Å². The van der Waals surface area contributed by atoms with E-state index in [9.17, 15) is 4.39 Å². The number of hydrogen-bond donors (Lipinski definition) is 2. The zero-order valence-corrected chi connectivity index (χ0v) is 14.5. The fraction of sp³-hybridized carbons (Fsp3) is 0.400. The van der Waals surface area contributed by atoms with E-state index in [0.29, 0.717) is 11.5 Å². The van der Waals surface area contributed by atoms with Crippen LogP contribution in [0.25, 0.3) is 5.57 Å². The Kier molecular flexibility index (Phi) is 7.40. The number of rotatable bonds is 9. The van der Waals surface area contributed by atoms with Gasteiger partial charge in [0.05, 0.1) is 0 Å². The van der Waals surface area contributed by atoms with Gasteiger partial charge in [0.2, 0.25) is 0 Å². The molecule has 1 rings (SSSR count). The van der Waals surface area contributed by atoms with Gasteiger partial charge in [-0.05, 0) is 56.0 Å². The number of alkyl halides is 1. The molecule has 0 aliphatic rings. The number of hydrogen-bond acceptors (Lipinski definition) is 2. The van der Waals surface area contributed by atoms with E-state index in [-0.39, 0.29) is 6.54 Å². The molecule has 3 heteroatoms. The lowest BCUT2D eigenvalue weighted by atomic mass is 9.91. The first-order chi connectivity index (χ1) is 10.9. The Balaban J connectivity index is 3.04. The van der Waals surface area contributed by atoms with Crippen molar-refractivity contribution < 1.29 is 4.39 Å². The minimum absolute atomic E-state index is 0.0322. The molecule has 2 unspecified atom stereocenters. The summed E-state index contributed by atoms with van der Waals surface area (Å²) in [6.07, 6.45) is 4.86. The van der Waals surface area contributed by atoms with Crippen molar-refractivity contribution in [2.24, 2.45) is 11.7 Å². The van der Waals surface area contributed by atoms with E-state index in [1.165, 1.54) is 6.92 Å². The highest BCUT2D eigenvalue weighted by Crippen LogP contribution is 2.28. The molecular formula is C20H29FN2. The molecule has 0 saturated carbocycles. The molecule has 23 heavy (non-hydrogen) atoms. The Hall–Kier alpha value is -1.71. The van der Waals surface area contributed by atoms with Crippen molar-refractivity contribution in [2.75, 3.05) is 20.1 Å². The van der Waals surface area contributed by atoms with E-state index in [1.54, 1.807) is 6.07 Å². The molecule has 0 saturated heterocycles. The summed E-state index contributed by atoms with van der Waals surface area (Å²) in [6, 6.07) is 7.50. The van der Waals surface area contributed by atoms with Gasteiger partial charge in [0.25, 0.3) is 0 Å². The Bertz CT molecular complexity index is 573. The molecule has 0 heterocycles. The fourth-order valence-electron chi connectivity index (χ4n) is 2.50.